The van der Waals surface area contributed by atoms with Gasteiger partial charge in [-0.1, -0.05) is 24.3 Å². The number of H-pyrrole nitrogens is 1. The standard InChI is InChI=1S/C19H18N4O4/c1-12(24)21-14-8-6-13(7-9-14)10-20-17(25)11-23-16-5-3-2-4-15(16)22-18(26)19(23)27/h2-9H,10-11H2,1H3,(H,20,25)(H,21,24)(H,22,26). The normalized spacial score (nSPS) is 10.6. The van der Waals surface area contributed by atoms with Crippen LogP contribution in [0.4, 0.5) is 5.69 Å². The van der Waals surface area contributed by atoms with Gasteiger partial charge >= 0.3 is 11.1 Å². The minimum Gasteiger partial charge on any atom is -0.350 e. The Labute approximate surface area is 153 Å². The van der Waals surface area contributed by atoms with Crippen molar-refractivity contribution in [3.05, 3.63) is 74.8 Å². The summed E-state index contributed by atoms with van der Waals surface area (Å²) in [6, 6.07) is 13.8. The van der Waals surface area contributed by atoms with Crippen LogP contribution in [0.3, 0.4) is 0 Å². The molecule has 0 fully saturated rings. The summed E-state index contributed by atoms with van der Waals surface area (Å²) in [4.78, 5) is 49.7. The summed E-state index contributed by atoms with van der Waals surface area (Å²) in [6.07, 6.45) is 0. The highest BCUT2D eigenvalue weighted by Crippen LogP contribution is 2.10. The Morgan fingerprint density at radius 1 is 1.04 bits per heavy atom. The van der Waals surface area contributed by atoms with Crippen molar-refractivity contribution in [2.24, 2.45) is 0 Å². The predicted molar refractivity (Wildman–Crippen MR) is 101 cm³/mol. The van der Waals surface area contributed by atoms with Crippen molar-refractivity contribution in [2.75, 3.05) is 5.32 Å². The molecule has 0 aliphatic carbocycles. The summed E-state index contributed by atoms with van der Waals surface area (Å²) in [5, 5.41) is 5.38. The van der Waals surface area contributed by atoms with Gasteiger partial charge < -0.3 is 15.6 Å². The number of nitrogens with one attached hydrogen (secondary N) is 3. The lowest BCUT2D eigenvalue weighted by Crippen LogP contribution is -2.40. The fourth-order valence-corrected chi connectivity index (χ4v) is 2.69. The second-order valence-corrected chi connectivity index (χ2v) is 6.02. The Hall–Kier alpha value is -3.68. The van der Waals surface area contributed by atoms with Crippen molar-refractivity contribution in [1.82, 2.24) is 14.9 Å². The van der Waals surface area contributed by atoms with E-state index in [1.165, 1.54) is 6.92 Å². The Balaban J connectivity index is 1.71. The van der Waals surface area contributed by atoms with Crippen molar-refractivity contribution >= 4 is 28.5 Å². The number of nitrogens with zero attached hydrogens (tertiary/aromatic N) is 1. The van der Waals surface area contributed by atoms with Crippen LogP contribution in [0, 0.1) is 0 Å². The van der Waals surface area contributed by atoms with Gasteiger partial charge in [-0.2, -0.15) is 0 Å². The second kappa shape index (κ2) is 7.69. The van der Waals surface area contributed by atoms with Gasteiger partial charge in [-0.25, -0.2) is 0 Å². The average Bonchev–Trinajstić information content (AvgIpc) is 2.64. The van der Waals surface area contributed by atoms with E-state index in [9.17, 15) is 19.2 Å². The molecule has 0 spiro atoms. The van der Waals surface area contributed by atoms with Crippen LogP contribution in [0.25, 0.3) is 11.0 Å². The molecule has 0 aliphatic rings. The lowest BCUT2D eigenvalue weighted by Gasteiger charge is -2.10. The van der Waals surface area contributed by atoms with Gasteiger partial charge in [0.25, 0.3) is 0 Å². The first-order valence-electron chi connectivity index (χ1n) is 8.29. The van der Waals surface area contributed by atoms with Crippen LogP contribution in [0.1, 0.15) is 12.5 Å². The van der Waals surface area contributed by atoms with Crippen molar-refractivity contribution < 1.29 is 9.59 Å². The van der Waals surface area contributed by atoms with Crippen LogP contribution in [-0.4, -0.2) is 21.4 Å². The molecule has 0 atom stereocenters. The highest BCUT2D eigenvalue weighted by Gasteiger charge is 2.11. The summed E-state index contributed by atoms with van der Waals surface area (Å²) >= 11 is 0. The largest absolute Gasteiger partial charge is 0.350 e. The number of hydrogen-bond donors (Lipinski definition) is 3. The molecule has 0 saturated heterocycles. The number of amides is 2. The molecule has 0 bridgehead atoms. The highest BCUT2D eigenvalue weighted by molar-refractivity contribution is 5.88. The summed E-state index contributed by atoms with van der Waals surface area (Å²) in [5.74, 6) is -0.551. The van der Waals surface area contributed by atoms with Gasteiger partial charge in [-0.15, -0.1) is 0 Å². The molecule has 2 amide bonds. The summed E-state index contributed by atoms with van der Waals surface area (Å²) in [5.41, 5.74) is 0.929. The summed E-state index contributed by atoms with van der Waals surface area (Å²) < 4.78 is 1.16. The third kappa shape index (κ3) is 4.30. The van der Waals surface area contributed by atoms with Crippen LogP contribution >= 0.6 is 0 Å². The van der Waals surface area contributed by atoms with E-state index in [2.05, 4.69) is 15.6 Å². The molecule has 0 radical (unpaired) electrons. The van der Waals surface area contributed by atoms with Crippen molar-refractivity contribution in [3.63, 3.8) is 0 Å². The zero-order valence-corrected chi connectivity index (χ0v) is 14.6. The SMILES string of the molecule is CC(=O)Nc1ccc(CNC(=O)Cn2c(=O)c(=O)[nH]c3ccccc32)cc1. The van der Waals surface area contributed by atoms with E-state index < -0.39 is 17.0 Å². The van der Waals surface area contributed by atoms with E-state index in [0.717, 1.165) is 10.1 Å². The molecule has 2 aromatic carbocycles. The summed E-state index contributed by atoms with van der Waals surface area (Å²) in [7, 11) is 0. The maximum Gasteiger partial charge on any atom is 0.317 e. The first-order valence-corrected chi connectivity index (χ1v) is 8.29. The molecule has 0 saturated carbocycles. The van der Waals surface area contributed by atoms with Crippen LogP contribution in [0.5, 0.6) is 0 Å². The molecule has 1 aromatic heterocycles. The summed E-state index contributed by atoms with van der Waals surface area (Å²) in [6.45, 7) is 1.43. The van der Waals surface area contributed by atoms with E-state index in [1.54, 1.807) is 48.5 Å². The maximum absolute atomic E-state index is 12.3. The molecule has 8 heteroatoms. The Morgan fingerprint density at radius 2 is 1.74 bits per heavy atom. The predicted octanol–water partition coefficient (Wildman–Crippen LogP) is 0.965. The monoisotopic (exact) mass is 366 g/mol. The Bertz CT molecular complexity index is 1110. The van der Waals surface area contributed by atoms with Crippen LogP contribution < -0.4 is 21.8 Å². The number of aromatic amines is 1. The van der Waals surface area contributed by atoms with E-state index in [0.29, 0.717) is 16.7 Å². The molecule has 3 N–H and O–H groups in total. The van der Waals surface area contributed by atoms with Gasteiger partial charge in [-0.3, -0.25) is 23.7 Å². The number of carbonyl (C=O) groups excluding carboxylic acids is 2. The van der Waals surface area contributed by atoms with Gasteiger partial charge in [0.15, 0.2) is 0 Å². The molecular formula is C19H18N4O4. The molecule has 1 heterocycles. The number of fused-ring (bicyclic) bond motifs is 1. The van der Waals surface area contributed by atoms with Crippen LogP contribution in [-0.2, 0) is 22.7 Å². The third-order valence-electron chi connectivity index (χ3n) is 3.95. The van der Waals surface area contributed by atoms with Crippen LogP contribution in [0.2, 0.25) is 0 Å². The molecular weight excluding hydrogens is 348 g/mol. The fraction of sp³-hybridized carbons (Fsp3) is 0.158. The maximum atomic E-state index is 12.3. The molecule has 0 aliphatic heterocycles. The minimum atomic E-state index is -0.775. The van der Waals surface area contributed by atoms with Gasteiger partial charge in [0.1, 0.15) is 6.54 Å². The van der Waals surface area contributed by atoms with E-state index in [4.69, 9.17) is 0 Å². The van der Waals surface area contributed by atoms with Crippen LogP contribution in [0.15, 0.2) is 58.1 Å². The first-order chi connectivity index (χ1) is 12.9. The van der Waals surface area contributed by atoms with Gasteiger partial charge in [0, 0.05) is 19.2 Å². The number of aromatic nitrogens is 2. The zero-order valence-electron chi connectivity index (χ0n) is 14.6. The average molecular weight is 366 g/mol. The lowest BCUT2D eigenvalue weighted by molar-refractivity contribution is -0.121. The van der Waals surface area contributed by atoms with Crippen molar-refractivity contribution in [3.8, 4) is 0 Å². The number of rotatable bonds is 5. The Kier molecular flexibility index (Phi) is 5.16. The van der Waals surface area contributed by atoms with Gasteiger partial charge in [-0.05, 0) is 29.8 Å². The van der Waals surface area contributed by atoms with E-state index in [1.807, 2.05) is 0 Å². The molecule has 27 heavy (non-hydrogen) atoms. The number of hydrogen-bond acceptors (Lipinski definition) is 4. The minimum absolute atomic E-state index is 0.161. The molecule has 138 valence electrons. The topological polar surface area (TPSA) is 113 Å². The molecule has 3 aromatic rings. The van der Waals surface area contributed by atoms with Gasteiger partial charge in [0.05, 0.1) is 11.0 Å². The molecule has 8 nitrogen and oxygen atoms in total. The Morgan fingerprint density at radius 3 is 2.44 bits per heavy atom. The highest BCUT2D eigenvalue weighted by atomic mass is 16.2. The smallest absolute Gasteiger partial charge is 0.317 e. The van der Waals surface area contributed by atoms with Gasteiger partial charge in [0.2, 0.25) is 11.8 Å². The van der Waals surface area contributed by atoms with Crippen molar-refractivity contribution in [2.45, 2.75) is 20.0 Å². The van der Waals surface area contributed by atoms with E-state index in [-0.39, 0.29) is 19.0 Å². The zero-order chi connectivity index (χ0) is 19.4. The number of anilines is 1. The second-order valence-electron chi connectivity index (χ2n) is 6.02. The number of benzene rings is 2. The van der Waals surface area contributed by atoms with E-state index >= 15 is 0 Å². The molecule has 3 rings (SSSR count). The quantitative estimate of drug-likeness (QED) is 0.584. The fourth-order valence-electron chi connectivity index (χ4n) is 2.69. The number of para-hydroxylation sites is 2. The lowest BCUT2D eigenvalue weighted by atomic mass is 10.2. The van der Waals surface area contributed by atoms with Crippen molar-refractivity contribution in [1.29, 1.82) is 0 Å². The number of carbonyl (C=O) groups is 2. The first kappa shape index (κ1) is 18.1. The third-order valence-corrected chi connectivity index (χ3v) is 3.95. The molecule has 0 unspecified atom stereocenters.